The third-order valence-electron chi connectivity index (χ3n) is 2.05. The molecule has 1 rings (SSSR count). The molecule has 0 spiro atoms. The minimum Gasteiger partial charge on any atom is -0.481 e. The van der Waals surface area contributed by atoms with Crippen LogP contribution in [0.15, 0.2) is 29.4 Å². The van der Waals surface area contributed by atoms with Gasteiger partial charge in [0, 0.05) is 23.0 Å². The number of benzene rings is 1. The molecule has 0 aromatic heterocycles. The second-order valence-corrected chi connectivity index (χ2v) is 3.90. The lowest BCUT2D eigenvalue weighted by Crippen LogP contribution is -2.37. The molecule has 96 valence electrons. The van der Waals surface area contributed by atoms with Gasteiger partial charge in [0.2, 0.25) is 0 Å². The van der Waals surface area contributed by atoms with Crippen LogP contribution in [0, 0.1) is 0 Å². The zero-order chi connectivity index (χ0) is 13.4. The Kier molecular flexibility index (Phi) is 5.84. The lowest BCUT2D eigenvalue weighted by molar-refractivity contribution is -0.127. The molecule has 0 saturated carbocycles. The number of halogens is 1. The topological polar surface area (TPSA) is 87.1 Å². The summed E-state index contributed by atoms with van der Waals surface area (Å²) in [4.78, 5) is 14.2. The molecule has 1 unspecified atom stereocenters. The summed E-state index contributed by atoms with van der Waals surface area (Å²) in [5, 5.41) is 6.44. The van der Waals surface area contributed by atoms with Crippen molar-refractivity contribution in [2.45, 2.75) is 13.0 Å². The summed E-state index contributed by atoms with van der Waals surface area (Å²) in [6, 6.07) is 6.81. The Hall–Kier alpha value is -1.91. The fourth-order valence-corrected chi connectivity index (χ4v) is 1.40. The fourth-order valence-electron chi connectivity index (χ4n) is 1.22. The number of carbonyl (C=O) groups excluding carboxylic acids is 1. The van der Waals surface area contributed by atoms with Crippen LogP contribution in [0.4, 0.5) is 0 Å². The average Bonchev–Trinajstić information content (AvgIpc) is 2.34. The third-order valence-corrected chi connectivity index (χ3v) is 2.29. The molecule has 18 heavy (non-hydrogen) atoms. The highest BCUT2D eigenvalue weighted by molar-refractivity contribution is 6.30. The van der Waals surface area contributed by atoms with Crippen molar-refractivity contribution in [1.29, 1.82) is 0 Å². The fraction of sp³-hybridized carbons (Fsp3) is 0.364. The van der Waals surface area contributed by atoms with E-state index in [0.717, 1.165) is 0 Å². The first-order valence-electron chi connectivity index (χ1n) is 5.34. The van der Waals surface area contributed by atoms with Gasteiger partial charge in [0.25, 0.3) is 5.91 Å². The predicted octanol–water partition coefficient (Wildman–Crippen LogP) is 2.53. The Balaban J connectivity index is 2.42. The molecule has 6 nitrogen and oxygen atoms in total. The van der Waals surface area contributed by atoms with Crippen molar-refractivity contribution >= 4 is 17.5 Å². The number of rotatable bonds is 6. The second-order valence-electron chi connectivity index (χ2n) is 3.46. The van der Waals surface area contributed by atoms with E-state index >= 15 is 0 Å². The van der Waals surface area contributed by atoms with E-state index in [4.69, 9.17) is 21.9 Å². The smallest absolute Gasteiger partial charge is 0.260 e. The molecule has 0 heterocycles. The van der Waals surface area contributed by atoms with E-state index < -0.39 is 6.10 Å². The number of hydrogen-bond acceptors (Lipinski definition) is 3. The summed E-state index contributed by atoms with van der Waals surface area (Å²) < 4.78 is 5.41. The molecule has 7 heteroatoms. The number of amides is 1. The maximum Gasteiger partial charge on any atom is 0.260 e. The lowest BCUT2D eigenvalue weighted by atomic mass is 10.3. The zero-order valence-electron chi connectivity index (χ0n) is 9.84. The summed E-state index contributed by atoms with van der Waals surface area (Å²) in [5.41, 5.74) is 8.07. The molecule has 0 aliphatic carbocycles. The van der Waals surface area contributed by atoms with Crippen LogP contribution in [0.2, 0.25) is 5.02 Å². The number of azide groups is 1. The van der Waals surface area contributed by atoms with E-state index in [9.17, 15) is 4.79 Å². The normalized spacial score (nSPS) is 11.2. The average molecular weight is 269 g/mol. The van der Waals surface area contributed by atoms with Crippen LogP contribution >= 0.6 is 11.6 Å². The quantitative estimate of drug-likeness (QED) is 0.372. The van der Waals surface area contributed by atoms with Crippen molar-refractivity contribution in [3.8, 4) is 5.75 Å². The summed E-state index contributed by atoms with van der Waals surface area (Å²) in [5.74, 6) is 0.253. The van der Waals surface area contributed by atoms with E-state index in [-0.39, 0.29) is 19.0 Å². The molecule has 1 aromatic rings. The maximum absolute atomic E-state index is 11.6. The molecule has 0 saturated heterocycles. The standard InChI is InChI=1S/C11H13ClN4O2/c1-8(11(17)14-5-6-15-16-13)18-10-4-2-3-9(12)7-10/h2-4,7-8H,5-6H2,1H3,(H,14,17). The molecule has 1 amide bonds. The Morgan fingerprint density at radius 3 is 3.11 bits per heavy atom. The van der Waals surface area contributed by atoms with Gasteiger partial charge in [0.1, 0.15) is 5.75 Å². The molecule has 1 N–H and O–H groups in total. The van der Waals surface area contributed by atoms with Gasteiger partial charge in [-0.2, -0.15) is 0 Å². The van der Waals surface area contributed by atoms with Crippen molar-refractivity contribution in [3.05, 3.63) is 39.7 Å². The van der Waals surface area contributed by atoms with Crippen LogP contribution in [0.25, 0.3) is 10.4 Å². The summed E-state index contributed by atoms with van der Waals surface area (Å²) in [6.07, 6.45) is -0.644. The van der Waals surface area contributed by atoms with Gasteiger partial charge >= 0.3 is 0 Å². The van der Waals surface area contributed by atoms with E-state index in [2.05, 4.69) is 15.3 Å². The van der Waals surface area contributed by atoms with Crippen LogP contribution in [0.5, 0.6) is 5.75 Å². The van der Waals surface area contributed by atoms with Crippen molar-refractivity contribution in [2.24, 2.45) is 5.11 Å². The number of nitrogens with one attached hydrogen (secondary N) is 1. The first kappa shape index (κ1) is 14.2. The van der Waals surface area contributed by atoms with Crippen molar-refractivity contribution in [1.82, 2.24) is 5.32 Å². The van der Waals surface area contributed by atoms with Crippen LogP contribution in [0.1, 0.15) is 6.92 Å². The minimum atomic E-state index is -0.644. The van der Waals surface area contributed by atoms with Gasteiger partial charge in [0.05, 0.1) is 0 Å². The number of ether oxygens (including phenoxy) is 1. The zero-order valence-corrected chi connectivity index (χ0v) is 10.6. The van der Waals surface area contributed by atoms with Crippen molar-refractivity contribution in [3.63, 3.8) is 0 Å². The maximum atomic E-state index is 11.6. The first-order valence-corrected chi connectivity index (χ1v) is 5.72. The Bertz CT molecular complexity index is 460. The number of hydrogen-bond donors (Lipinski definition) is 1. The Labute approximate surface area is 110 Å². The van der Waals surface area contributed by atoms with Crippen LogP contribution in [0.3, 0.4) is 0 Å². The van der Waals surface area contributed by atoms with Gasteiger partial charge in [-0.1, -0.05) is 22.8 Å². The highest BCUT2D eigenvalue weighted by atomic mass is 35.5. The summed E-state index contributed by atoms with van der Waals surface area (Å²) in [6.45, 7) is 2.13. The first-order chi connectivity index (χ1) is 8.63. The summed E-state index contributed by atoms with van der Waals surface area (Å²) in [7, 11) is 0. The van der Waals surface area contributed by atoms with E-state index in [0.29, 0.717) is 10.8 Å². The number of carbonyl (C=O) groups is 1. The van der Waals surface area contributed by atoms with Crippen LogP contribution < -0.4 is 10.1 Å². The molecular weight excluding hydrogens is 256 g/mol. The highest BCUT2D eigenvalue weighted by Gasteiger charge is 2.13. The minimum absolute atomic E-state index is 0.214. The monoisotopic (exact) mass is 268 g/mol. The molecule has 0 aliphatic heterocycles. The molecule has 0 radical (unpaired) electrons. The van der Waals surface area contributed by atoms with Gasteiger partial charge in [-0.15, -0.1) is 0 Å². The summed E-state index contributed by atoms with van der Waals surface area (Å²) >= 11 is 5.80. The van der Waals surface area contributed by atoms with Gasteiger partial charge in [0.15, 0.2) is 6.10 Å². The van der Waals surface area contributed by atoms with E-state index in [1.54, 1.807) is 31.2 Å². The predicted molar refractivity (Wildman–Crippen MR) is 68.6 cm³/mol. The van der Waals surface area contributed by atoms with E-state index in [1.807, 2.05) is 0 Å². The largest absolute Gasteiger partial charge is 0.481 e. The number of nitrogens with zero attached hydrogens (tertiary/aromatic N) is 3. The van der Waals surface area contributed by atoms with Crippen molar-refractivity contribution < 1.29 is 9.53 Å². The Morgan fingerprint density at radius 1 is 1.67 bits per heavy atom. The van der Waals surface area contributed by atoms with Gasteiger partial charge in [-0.05, 0) is 30.7 Å². The molecule has 0 bridgehead atoms. The SMILES string of the molecule is CC(Oc1cccc(Cl)c1)C(=O)NCCN=[N+]=[N-]. The van der Waals surface area contributed by atoms with E-state index in [1.165, 1.54) is 0 Å². The molecular formula is C11H13ClN4O2. The van der Waals surface area contributed by atoms with Crippen molar-refractivity contribution in [2.75, 3.05) is 13.1 Å². The third kappa shape index (κ3) is 4.95. The Morgan fingerprint density at radius 2 is 2.44 bits per heavy atom. The van der Waals surface area contributed by atoms with Gasteiger partial charge in [-0.3, -0.25) is 4.79 Å². The highest BCUT2D eigenvalue weighted by Crippen LogP contribution is 2.18. The molecule has 1 atom stereocenters. The molecule has 1 aromatic carbocycles. The lowest BCUT2D eigenvalue weighted by Gasteiger charge is -2.14. The van der Waals surface area contributed by atoms with Gasteiger partial charge < -0.3 is 10.1 Å². The van der Waals surface area contributed by atoms with Crippen LogP contribution in [-0.4, -0.2) is 25.1 Å². The molecule has 0 fully saturated rings. The second kappa shape index (κ2) is 7.42. The van der Waals surface area contributed by atoms with Crippen LogP contribution in [-0.2, 0) is 4.79 Å². The van der Waals surface area contributed by atoms with Gasteiger partial charge in [-0.25, -0.2) is 0 Å². The molecule has 0 aliphatic rings.